The number of nitrogens with two attached hydrogens (primary N) is 1. The van der Waals surface area contributed by atoms with Crippen LogP contribution in [0.5, 0.6) is 0 Å². The van der Waals surface area contributed by atoms with Crippen LogP contribution in [0, 0.1) is 5.82 Å². The van der Waals surface area contributed by atoms with Crippen LogP contribution >= 0.6 is 11.6 Å². The number of benzene rings is 1. The van der Waals surface area contributed by atoms with Crippen molar-refractivity contribution < 1.29 is 9.18 Å². The van der Waals surface area contributed by atoms with Crippen LogP contribution in [-0.2, 0) is 11.3 Å². The normalized spacial score (nSPS) is 12.3. The number of nitrogens with zero attached hydrogens (tertiary/aromatic N) is 1. The van der Waals surface area contributed by atoms with Gasteiger partial charge in [0.25, 0.3) is 0 Å². The number of hydrogen-bond acceptors (Lipinski definition) is 2. The standard InChI is InChI=1S/C14H20ClFN2O/c1-3-5-10(17)8-14(19)18(2)9-11-12(15)6-4-7-13(11)16/h4,6-7,10H,3,5,8-9,17H2,1-2H3. The van der Waals surface area contributed by atoms with Crippen molar-refractivity contribution in [1.29, 1.82) is 0 Å². The van der Waals surface area contributed by atoms with E-state index in [0.29, 0.717) is 10.6 Å². The fourth-order valence-electron chi connectivity index (χ4n) is 1.86. The highest BCUT2D eigenvalue weighted by Crippen LogP contribution is 2.20. The molecule has 0 aliphatic rings. The van der Waals surface area contributed by atoms with E-state index in [0.717, 1.165) is 12.8 Å². The molecule has 0 saturated carbocycles. The Morgan fingerprint density at radius 3 is 2.79 bits per heavy atom. The topological polar surface area (TPSA) is 46.3 Å². The van der Waals surface area contributed by atoms with E-state index in [9.17, 15) is 9.18 Å². The highest BCUT2D eigenvalue weighted by atomic mass is 35.5. The Kier molecular flexibility index (Phi) is 6.25. The largest absolute Gasteiger partial charge is 0.341 e. The number of carbonyl (C=O) groups excluding carboxylic acids is 1. The van der Waals surface area contributed by atoms with Crippen molar-refractivity contribution >= 4 is 17.5 Å². The first-order valence-electron chi connectivity index (χ1n) is 6.38. The van der Waals surface area contributed by atoms with Crippen molar-refractivity contribution in [1.82, 2.24) is 4.90 Å². The van der Waals surface area contributed by atoms with Gasteiger partial charge in [-0.2, -0.15) is 0 Å². The van der Waals surface area contributed by atoms with Gasteiger partial charge in [0.1, 0.15) is 5.82 Å². The fourth-order valence-corrected chi connectivity index (χ4v) is 2.08. The maximum Gasteiger partial charge on any atom is 0.224 e. The number of amides is 1. The maximum absolute atomic E-state index is 13.6. The number of carbonyl (C=O) groups is 1. The molecule has 19 heavy (non-hydrogen) atoms. The van der Waals surface area contributed by atoms with E-state index in [1.807, 2.05) is 6.92 Å². The van der Waals surface area contributed by atoms with Crippen LogP contribution < -0.4 is 5.73 Å². The molecule has 3 nitrogen and oxygen atoms in total. The summed E-state index contributed by atoms with van der Waals surface area (Å²) in [6.07, 6.45) is 2.02. The van der Waals surface area contributed by atoms with Crippen LogP contribution in [0.2, 0.25) is 5.02 Å². The zero-order valence-electron chi connectivity index (χ0n) is 11.3. The van der Waals surface area contributed by atoms with E-state index in [1.165, 1.54) is 11.0 Å². The molecule has 0 aliphatic heterocycles. The SMILES string of the molecule is CCCC(N)CC(=O)N(C)Cc1c(F)cccc1Cl. The lowest BCUT2D eigenvalue weighted by atomic mass is 10.1. The van der Waals surface area contributed by atoms with Gasteiger partial charge < -0.3 is 10.6 Å². The molecule has 2 N–H and O–H groups in total. The number of halogens is 2. The van der Waals surface area contributed by atoms with Crippen molar-refractivity contribution in [3.05, 3.63) is 34.6 Å². The molecule has 1 amide bonds. The molecule has 0 radical (unpaired) electrons. The van der Waals surface area contributed by atoms with Crippen LogP contribution in [0.3, 0.4) is 0 Å². The summed E-state index contributed by atoms with van der Waals surface area (Å²) >= 11 is 5.93. The average Bonchev–Trinajstić information content (AvgIpc) is 2.34. The van der Waals surface area contributed by atoms with E-state index in [2.05, 4.69) is 0 Å². The lowest BCUT2D eigenvalue weighted by Gasteiger charge is -2.20. The fraction of sp³-hybridized carbons (Fsp3) is 0.500. The first-order chi connectivity index (χ1) is 8.95. The minimum atomic E-state index is -0.398. The van der Waals surface area contributed by atoms with Gasteiger partial charge in [-0.15, -0.1) is 0 Å². The first kappa shape index (κ1) is 15.9. The van der Waals surface area contributed by atoms with Gasteiger partial charge in [0.2, 0.25) is 5.91 Å². The molecule has 1 aromatic rings. The van der Waals surface area contributed by atoms with E-state index in [4.69, 9.17) is 17.3 Å². The van der Waals surface area contributed by atoms with Crippen LogP contribution in [0.4, 0.5) is 4.39 Å². The third-order valence-electron chi connectivity index (χ3n) is 2.98. The Labute approximate surface area is 118 Å². The maximum atomic E-state index is 13.6. The summed E-state index contributed by atoms with van der Waals surface area (Å²) < 4.78 is 13.6. The molecule has 0 saturated heterocycles. The average molecular weight is 287 g/mol. The Bertz CT molecular complexity index is 419. The Morgan fingerprint density at radius 2 is 2.21 bits per heavy atom. The summed E-state index contributed by atoms with van der Waals surface area (Å²) in [5.74, 6) is -0.495. The van der Waals surface area contributed by atoms with E-state index in [-0.39, 0.29) is 24.9 Å². The predicted octanol–water partition coefficient (Wildman–Crippen LogP) is 2.96. The third kappa shape index (κ3) is 4.80. The lowest BCUT2D eigenvalue weighted by Crippen LogP contribution is -2.33. The van der Waals surface area contributed by atoms with Gasteiger partial charge in [-0.25, -0.2) is 4.39 Å². The number of rotatable bonds is 6. The van der Waals surface area contributed by atoms with Crippen LogP contribution in [-0.4, -0.2) is 23.9 Å². The molecular formula is C14H20ClFN2O. The van der Waals surface area contributed by atoms with Crippen molar-refractivity contribution in [2.24, 2.45) is 5.73 Å². The molecule has 0 spiro atoms. The van der Waals surface area contributed by atoms with Crippen molar-refractivity contribution in [3.8, 4) is 0 Å². The van der Waals surface area contributed by atoms with Crippen molar-refractivity contribution in [2.45, 2.75) is 38.8 Å². The summed E-state index contributed by atoms with van der Waals surface area (Å²) in [5, 5.41) is 0.331. The number of hydrogen-bond donors (Lipinski definition) is 1. The van der Waals surface area contributed by atoms with Crippen LogP contribution in [0.15, 0.2) is 18.2 Å². The molecule has 1 aromatic carbocycles. The Balaban J connectivity index is 2.64. The molecule has 0 aromatic heterocycles. The van der Waals surface area contributed by atoms with Gasteiger partial charge in [0.15, 0.2) is 0 Å². The second-order valence-corrected chi connectivity index (χ2v) is 5.11. The molecule has 0 bridgehead atoms. The third-order valence-corrected chi connectivity index (χ3v) is 3.33. The van der Waals surface area contributed by atoms with E-state index in [1.54, 1.807) is 19.2 Å². The second kappa shape index (κ2) is 7.46. The minimum Gasteiger partial charge on any atom is -0.341 e. The second-order valence-electron chi connectivity index (χ2n) is 4.70. The van der Waals surface area contributed by atoms with E-state index >= 15 is 0 Å². The highest BCUT2D eigenvalue weighted by Gasteiger charge is 2.16. The van der Waals surface area contributed by atoms with Crippen LogP contribution in [0.1, 0.15) is 31.7 Å². The molecule has 0 heterocycles. The zero-order chi connectivity index (χ0) is 14.4. The van der Waals surface area contributed by atoms with Crippen molar-refractivity contribution in [3.63, 3.8) is 0 Å². The van der Waals surface area contributed by atoms with Gasteiger partial charge in [-0.3, -0.25) is 4.79 Å². The van der Waals surface area contributed by atoms with Gasteiger partial charge >= 0.3 is 0 Å². The molecular weight excluding hydrogens is 267 g/mol. The molecule has 1 rings (SSSR count). The molecule has 1 unspecified atom stereocenters. The smallest absolute Gasteiger partial charge is 0.224 e. The first-order valence-corrected chi connectivity index (χ1v) is 6.76. The zero-order valence-corrected chi connectivity index (χ0v) is 12.1. The molecule has 106 valence electrons. The Hall–Kier alpha value is -1.13. The Morgan fingerprint density at radius 1 is 1.53 bits per heavy atom. The summed E-state index contributed by atoms with van der Waals surface area (Å²) in [4.78, 5) is 13.4. The minimum absolute atomic E-state index is 0.0970. The van der Waals surface area contributed by atoms with Crippen molar-refractivity contribution in [2.75, 3.05) is 7.05 Å². The highest BCUT2D eigenvalue weighted by molar-refractivity contribution is 6.31. The summed E-state index contributed by atoms with van der Waals surface area (Å²) in [7, 11) is 1.63. The lowest BCUT2D eigenvalue weighted by molar-refractivity contribution is -0.130. The van der Waals surface area contributed by atoms with Crippen LogP contribution in [0.25, 0.3) is 0 Å². The summed E-state index contributed by atoms with van der Waals surface area (Å²) in [5.41, 5.74) is 6.17. The van der Waals surface area contributed by atoms with Gasteiger partial charge in [0, 0.05) is 36.6 Å². The molecule has 5 heteroatoms. The van der Waals surface area contributed by atoms with Gasteiger partial charge in [-0.1, -0.05) is 31.0 Å². The molecule has 0 fully saturated rings. The molecule has 1 atom stereocenters. The predicted molar refractivity (Wildman–Crippen MR) is 75.4 cm³/mol. The van der Waals surface area contributed by atoms with Gasteiger partial charge in [-0.05, 0) is 18.6 Å². The van der Waals surface area contributed by atoms with E-state index < -0.39 is 5.82 Å². The quantitative estimate of drug-likeness (QED) is 0.874. The summed E-state index contributed by atoms with van der Waals surface area (Å²) in [6.45, 7) is 2.18. The molecule has 0 aliphatic carbocycles. The van der Waals surface area contributed by atoms with Gasteiger partial charge in [0.05, 0.1) is 0 Å². The summed E-state index contributed by atoms with van der Waals surface area (Å²) in [6, 6.07) is 4.35. The monoisotopic (exact) mass is 286 g/mol.